The Morgan fingerprint density at radius 3 is 2.57 bits per heavy atom. The Bertz CT molecular complexity index is 1270. The number of allylic oxidation sites excluding steroid dienone is 1. The van der Waals surface area contributed by atoms with E-state index < -0.39 is 6.04 Å². The van der Waals surface area contributed by atoms with Crippen LogP contribution in [-0.4, -0.2) is 33.0 Å². The number of thioether (sulfide) groups is 1. The van der Waals surface area contributed by atoms with Gasteiger partial charge in [-0.25, -0.2) is 4.68 Å². The van der Waals surface area contributed by atoms with E-state index in [9.17, 15) is 4.79 Å². The third-order valence-electron chi connectivity index (χ3n) is 6.36. The normalized spacial score (nSPS) is 14.8. The molecule has 2 aromatic carbocycles. The second kappa shape index (κ2) is 12.3. The summed E-state index contributed by atoms with van der Waals surface area (Å²) in [5.41, 5.74) is 5.31. The van der Waals surface area contributed by atoms with E-state index in [0.29, 0.717) is 23.3 Å². The highest BCUT2D eigenvalue weighted by molar-refractivity contribution is 7.99. The van der Waals surface area contributed by atoms with Gasteiger partial charge in [0.05, 0.1) is 12.2 Å². The van der Waals surface area contributed by atoms with Crippen LogP contribution in [0, 0.1) is 13.8 Å². The van der Waals surface area contributed by atoms with E-state index in [1.165, 1.54) is 0 Å². The summed E-state index contributed by atoms with van der Waals surface area (Å²) in [4.78, 5) is 18.5. The van der Waals surface area contributed by atoms with E-state index in [1.54, 1.807) is 11.8 Å². The maximum atomic E-state index is 13.8. The largest absolute Gasteiger partial charge is 0.494 e. The molecule has 8 heteroatoms. The highest BCUT2D eigenvalue weighted by Gasteiger charge is 2.34. The molecule has 2 N–H and O–H groups in total. The Balaban J connectivity index is 1.67. The molecule has 1 unspecified atom stereocenters. The summed E-state index contributed by atoms with van der Waals surface area (Å²) in [5, 5.41) is 12.0. The first-order chi connectivity index (χ1) is 17.9. The molecule has 1 aliphatic heterocycles. The van der Waals surface area contributed by atoms with Crippen molar-refractivity contribution in [3.05, 3.63) is 70.4 Å². The average Bonchev–Trinajstić information content (AvgIpc) is 3.29. The number of anilines is 2. The van der Waals surface area contributed by atoms with Crippen LogP contribution in [0.5, 0.6) is 5.75 Å². The maximum absolute atomic E-state index is 13.8. The van der Waals surface area contributed by atoms with Crippen molar-refractivity contribution in [2.75, 3.05) is 23.0 Å². The third kappa shape index (κ3) is 6.36. The van der Waals surface area contributed by atoms with Gasteiger partial charge in [-0.15, -0.1) is 5.10 Å². The fraction of sp³-hybridized carbons (Fsp3) is 0.414. The zero-order valence-corrected chi connectivity index (χ0v) is 23.2. The van der Waals surface area contributed by atoms with Crippen LogP contribution in [0.2, 0.25) is 0 Å². The summed E-state index contributed by atoms with van der Waals surface area (Å²) < 4.78 is 7.76. The SMILES string of the molecule is CCCCCOc1ccc(C2C(C(=O)Nc3ccc(C)cc3C)=C(C)Nc3nc(SCCC)nn32)cc1. The van der Waals surface area contributed by atoms with Crippen LogP contribution in [0.15, 0.2) is 58.9 Å². The molecule has 2 heterocycles. The lowest BCUT2D eigenvalue weighted by Crippen LogP contribution is -2.31. The smallest absolute Gasteiger partial charge is 0.255 e. The number of ether oxygens (including phenoxy) is 1. The van der Waals surface area contributed by atoms with Crippen molar-refractivity contribution in [1.82, 2.24) is 14.8 Å². The van der Waals surface area contributed by atoms with Gasteiger partial charge in [0.1, 0.15) is 11.8 Å². The molecule has 196 valence electrons. The second-order valence-corrected chi connectivity index (χ2v) is 10.5. The molecule has 1 amide bonds. The summed E-state index contributed by atoms with van der Waals surface area (Å²) in [7, 11) is 0. The van der Waals surface area contributed by atoms with Crippen molar-refractivity contribution in [1.29, 1.82) is 0 Å². The molecule has 0 saturated heterocycles. The summed E-state index contributed by atoms with van der Waals surface area (Å²) in [5.74, 6) is 2.24. The Hall–Kier alpha value is -3.26. The number of carbonyl (C=O) groups excluding carboxylic acids is 1. The van der Waals surface area contributed by atoms with Crippen LogP contribution in [0.4, 0.5) is 11.6 Å². The number of aryl methyl sites for hydroxylation is 2. The van der Waals surface area contributed by atoms with E-state index in [-0.39, 0.29) is 5.91 Å². The van der Waals surface area contributed by atoms with Crippen LogP contribution in [-0.2, 0) is 4.79 Å². The van der Waals surface area contributed by atoms with Crippen molar-refractivity contribution in [3.8, 4) is 5.75 Å². The van der Waals surface area contributed by atoms with Crippen molar-refractivity contribution in [2.45, 2.75) is 71.5 Å². The van der Waals surface area contributed by atoms with Gasteiger partial charge in [0.15, 0.2) is 0 Å². The van der Waals surface area contributed by atoms with Crippen molar-refractivity contribution >= 4 is 29.3 Å². The third-order valence-corrected chi connectivity index (χ3v) is 7.40. The minimum Gasteiger partial charge on any atom is -0.494 e. The molecular weight excluding hydrogens is 482 g/mol. The molecule has 4 rings (SSSR count). The maximum Gasteiger partial charge on any atom is 0.255 e. The van der Waals surface area contributed by atoms with E-state index in [2.05, 4.69) is 30.5 Å². The van der Waals surface area contributed by atoms with Crippen LogP contribution < -0.4 is 15.4 Å². The molecule has 0 fully saturated rings. The number of unbranched alkanes of at least 4 members (excludes halogenated alkanes) is 2. The zero-order valence-electron chi connectivity index (χ0n) is 22.4. The molecule has 0 radical (unpaired) electrons. The van der Waals surface area contributed by atoms with Gasteiger partial charge < -0.3 is 15.4 Å². The molecule has 7 nitrogen and oxygen atoms in total. The lowest BCUT2D eigenvalue weighted by molar-refractivity contribution is -0.113. The second-order valence-electron chi connectivity index (χ2n) is 9.47. The van der Waals surface area contributed by atoms with E-state index >= 15 is 0 Å². The van der Waals surface area contributed by atoms with E-state index in [4.69, 9.17) is 14.8 Å². The Morgan fingerprint density at radius 2 is 1.86 bits per heavy atom. The Labute approximate surface area is 224 Å². The number of nitrogens with zero attached hydrogens (tertiary/aromatic N) is 3. The van der Waals surface area contributed by atoms with Crippen LogP contribution in [0.1, 0.15) is 69.2 Å². The fourth-order valence-corrected chi connectivity index (χ4v) is 5.10. The van der Waals surface area contributed by atoms with E-state index in [1.807, 2.05) is 61.9 Å². The first kappa shape index (κ1) is 26.8. The molecular formula is C29H37N5O2S. The number of amides is 1. The topological polar surface area (TPSA) is 81.1 Å². The number of hydrogen-bond donors (Lipinski definition) is 2. The first-order valence-electron chi connectivity index (χ1n) is 13.1. The van der Waals surface area contributed by atoms with Crippen LogP contribution >= 0.6 is 11.8 Å². The molecule has 0 saturated carbocycles. The van der Waals surface area contributed by atoms with Crippen molar-refractivity contribution < 1.29 is 9.53 Å². The fourth-order valence-electron chi connectivity index (χ4n) is 4.42. The molecule has 37 heavy (non-hydrogen) atoms. The first-order valence-corrected chi connectivity index (χ1v) is 14.1. The van der Waals surface area contributed by atoms with Crippen molar-refractivity contribution in [3.63, 3.8) is 0 Å². The molecule has 1 atom stereocenters. The molecule has 0 bridgehead atoms. The zero-order chi connectivity index (χ0) is 26.4. The quantitative estimate of drug-likeness (QED) is 0.212. The van der Waals surface area contributed by atoms with Crippen molar-refractivity contribution in [2.24, 2.45) is 0 Å². The number of carbonyl (C=O) groups is 1. The summed E-state index contributed by atoms with van der Waals surface area (Å²) >= 11 is 1.62. The number of aromatic nitrogens is 3. The van der Waals surface area contributed by atoms with Gasteiger partial charge in [-0.05, 0) is 62.9 Å². The minimum absolute atomic E-state index is 0.161. The highest BCUT2D eigenvalue weighted by atomic mass is 32.2. The summed E-state index contributed by atoms with van der Waals surface area (Å²) in [6, 6.07) is 13.6. The summed E-state index contributed by atoms with van der Waals surface area (Å²) in [6.45, 7) is 11.0. The lowest BCUT2D eigenvalue weighted by atomic mass is 9.94. The minimum atomic E-state index is -0.417. The molecule has 0 spiro atoms. The molecule has 3 aromatic rings. The number of fused-ring (bicyclic) bond motifs is 1. The molecule has 1 aliphatic rings. The van der Waals surface area contributed by atoms with Gasteiger partial charge in [-0.1, -0.05) is 68.3 Å². The predicted molar refractivity (Wildman–Crippen MR) is 152 cm³/mol. The summed E-state index contributed by atoms with van der Waals surface area (Å²) in [6.07, 6.45) is 4.39. The van der Waals surface area contributed by atoms with Gasteiger partial charge >= 0.3 is 0 Å². The average molecular weight is 520 g/mol. The number of hydrogen-bond acceptors (Lipinski definition) is 6. The van der Waals surface area contributed by atoms with Gasteiger partial charge in [0.25, 0.3) is 5.91 Å². The Kier molecular flexibility index (Phi) is 8.92. The Morgan fingerprint density at radius 1 is 1.08 bits per heavy atom. The molecule has 0 aliphatic carbocycles. The molecule has 1 aromatic heterocycles. The standard InChI is InChI=1S/C29H37N5O2S/c1-6-8-9-16-36-23-13-11-22(12-14-23)26-25(27(35)31-24-15-10-19(3)18-20(24)4)21(5)30-28-32-29(33-34(26)28)37-17-7-2/h10-15,18,26H,6-9,16-17H2,1-5H3,(H,31,35)(H,30,32,33). The predicted octanol–water partition coefficient (Wildman–Crippen LogP) is 6.89. The van der Waals surface area contributed by atoms with Gasteiger partial charge in [0, 0.05) is 17.1 Å². The number of benzene rings is 2. The number of rotatable bonds is 11. The monoisotopic (exact) mass is 519 g/mol. The number of nitrogens with one attached hydrogen (secondary N) is 2. The van der Waals surface area contributed by atoms with E-state index in [0.717, 1.165) is 65.3 Å². The lowest BCUT2D eigenvalue weighted by Gasteiger charge is -2.29. The van der Waals surface area contributed by atoms with Crippen LogP contribution in [0.3, 0.4) is 0 Å². The van der Waals surface area contributed by atoms with Gasteiger partial charge in [0.2, 0.25) is 11.1 Å². The van der Waals surface area contributed by atoms with Gasteiger partial charge in [-0.2, -0.15) is 4.98 Å². The van der Waals surface area contributed by atoms with Crippen LogP contribution in [0.25, 0.3) is 0 Å². The van der Waals surface area contributed by atoms with Gasteiger partial charge in [-0.3, -0.25) is 4.79 Å². The highest BCUT2D eigenvalue weighted by Crippen LogP contribution is 2.37.